The van der Waals surface area contributed by atoms with Crippen LogP contribution < -0.4 is 11.1 Å². The number of nitrogens with one attached hydrogen (secondary N) is 1. The number of fused-ring (bicyclic) bond motifs is 1. The lowest BCUT2D eigenvalue weighted by Gasteiger charge is -2.09. The fourth-order valence-corrected chi connectivity index (χ4v) is 1.60. The number of nitrogens with two attached hydrogens (primary N) is 1. The van der Waals surface area contributed by atoms with Gasteiger partial charge in [0, 0.05) is 13.7 Å². The summed E-state index contributed by atoms with van der Waals surface area (Å²) in [5.74, 6) is -1.07. The first kappa shape index (κ1) is 12.1. The van der Waals surface area contributed by atoms with Crippen LogP contribution in [0.15, 0.2) is 12.1 Å². The predicted octanol–water partition coefficient (Wildman–Crippen LogP) is 0.0680. The number of aromatic carboxylic acids is 1. The minimum atomic E-state index is -1.11. The van der Waals surface area contributed by atoms with E-state index < -0.39 is 5.97 Å². The Labute approximate surface area is 102 Å². The van der Waals surface area contributed by atoms with Gasteiger partial charge in [0.25, 0.3) is 0 Å². The van der Waals surface area contributed by atoms with Crippen LogP contribution in [0, 0.1) is 0 Å². The quantitative estimate of drug-likeness (QED) is 0.644. The van der Waals surface area contributed by atoms with Crippen LogP contribution in [0.2, 0.25) is 0 Å². The maximum Gasteiger partial charge on any atom is 0.356 e. The lowest BCUT2D eigenvalue weighted by molar-refractivity contribution is 0.0688. The summed E-state index contributed by atoms with van der Waals surface area (Å²) >= 11 is 0. The van der Waals surface area contributed by atoms with Gasteiger partial charge in [0.2, 0.25) is 5.95 Å². The van der Waals surface area contributed by atoms with Gasteiger partial charge in [0.1, 0.15) is 0 Å². The highest BCUT2D eigenvalue weighted by Crippen LogP contribution is 2.17. The predicted molar refractivity (Wildman–Crippen MR) is 64.7 cm³/mol. The highest BCUT2D eigenvalue weighted by Gasteiger charge is 2.16. The molecule has 0 amide bonds. The van der Waals surface area contributed by atoms with Gasteiger partial charge in [-0.05, 0) is 12.1 Å². The third kappa shape index (κ3) is 2.18. The number of ether oxygens (including phenoxy) is 1. The first-order valence-electron chi connectivity index (χ1n) is 5.25. The number of hydrogen-bond donors (Lipinski definition) is 3. The van der Waals surface area contributed by atoms with Crippen LogP contribution in [0.1, 0.15) is 10.5 Å². The van der Waals surface area contributed by atoms with Crippen LogP contribution in [0.3, 0.4) is 0 Å². The first-order chi connectivity index (χ1) is 8.63. The average Bonchev–Trinajstić information content (AvgIpc) is 2.68. The molecule has 0 fully saturated rings. The van der Waals surface area contributed by atoms with Crippen LogP contribution in [-0.4, -0.2) is 45.9 Å². The number of hydrogen-bond acceptors (Lipinski definition) is 6. The maximum atomic E-state index is 11.3. The van der Waals surface area contributed by atoms with E-state index >= 15 is 0 Å². The first-order valence-corrected chi connectivity index (χ1v) is 5.25. The molecule has 2 heterocycles. The number of carbonyl (C=O) groups is 1. The molecule has 0 aromatic carbocycles. The largest absolute Gasteiger partial charge is 0.476 e. The molecule has 8 nitrogen and oxygen atoms in total. The van der Waals surface area contributed by atoms with Crippen molar-refractivity contribution in [3.05, 3.63) is 17.8 Å². The number of carboxylic acids is 1. The van der Waals surface area contributed by atoms with Crippen LogP contribution in [-0.2, 0) is 4.74 Å². The zero-order valence-electron chi connectivity index (χ0n) is 9.75. The van der Waals surface area contributed by atoms with E-state index in [1.165, 1.54) is 4.52 Å². The molecule has 0 bridgehead atoms. The second-order valence-electron chi connectivity index (χ2n) is 3.56. The van der Waals surface area contributed by atoms with Gasteiger partial charge in [-0.25, -0.2) is 9.31 Å². The van der Waals surface area contributed by atoms with E-state index in [0.717, 1.165) is 0 Å². The maximum absolute atomic E-state index is 11.3. The molecule has 4 N–H and O–H groups in total. The van der Waals surface area contributed by atoms with Gasteiger partial charge in [-0.15, -0.1) is 5.10 Å². The Morgan fingerprint density at radius 1 is 1.61 bits per heavy atom. The second-order valence-corrected chi connectivity index (χ2v) is 3.56. The molecule has 0 unspecified atom stereocenters. The number of nitrogens with zero attached hydrogens (tertiary/aromatic N) is 3. The van der Waals surface area contributed by atoms with E-state index in [1.807, 2.05) is 0 Å². The zero-order valence-corrected chi connectivity index (χ0v) is 9.75. The van der Waals surface area contributed by atoms with E-state index in [0.29, 0.717) is 24.5 Å². The summed E-state index contributed by atoms with van der Waals surface area (Å²) < 4.78 is 6.09. The molecule has 0 radical (unpaired) electrons. The molecule has 18 heavy (non-hydrogen) atoms. The number of methoxy groups -OCH3 is 1. The third-order valence-corrected chi connectivity index (χ3v) is 2.34. The van der Waals surface area contributed by atoms with Crippen molar-refractivity contribution < 1.29 is 14.6 Å². The smallest absolute Gasteiger partial charge is 0.356 e. The van der Waals surface area contributed by atoms with Crippen LogP contribution in [0.4, 0.5) is 11.6 Å². The van der Waals surface area contributed by atoms with Gasteiger partial charge < -0.3 is 20.9 Å². The lowest BCUT2D eigenvalue weighted by Crippen LogP contribution is -2.15. The fourth-order valence-electron chi connectivity index (χ4n) is 1.60. The number of nitrogen functional groups attached to an aromatic ring is 1. The summed E-state index contributed by atoms with van der Waals surface area (Å²) in [4.78, 5) is 15.2. The Balaban J connectivity index is 2.45. The summed E-state index contributed by atoms with van der Waals surface area (Å²) in [5.41, 5.74) is 6.28. The molecule has 0 spiro atoms. The van der Waals surface area contributed by atoms with Gasteiger partial charge in [0.05, 0.1) is 12.3 Å². The van der Waals surface area contributed by atoms with Gasteiger partial charge in [-0.1, -0.05) is 0 Å². The molecule has 2 aromatic heterocycles. The Kier molecular flexibility index (Phi) is 3.28. The molecule has 0 aliphatic carbocycles. The van der Waals surface area contributed by atoms with Crippen molar-refractivity contribution in [3.63, 3.8) is 0 Å². The van der Waals surface area contributed by atoms with Crippen molar-refractivity contribution in [2.75, 3.05) is 31.3 Å². The topological polar surface area (TPSA) is 115 Å². The number of rotatable bonds is 5. The molecular weight excluding hydrogens is 238 g/mol. The summed E-state index contributed by atoms with van der Waals surface area (Å²) in [7, 11) is 1.57. The van der Waals surface area contributed by atoms with Crippen molar-refractivity contribution in [2.24, 2.45) is 0 Å². The molecule has 96 valence electrons. The Hall–Kier alpha value is -2.35. The molecule has 0 aliphatic rings. The molecule has 0 aliphatic heterocycles. The second kappa shape index (κ2) is 4.88. The van der Waals surface area contributed by atoms with Gasteiger partial charge in [0.15, 0.2) is 11.3 Å². The molecule has 2 aromatic rings. The van der Waals surface area contributed by atoms with Crippen LogP contribution in [0.25, 0.3) is 5.65 Å². The Morgan fingerprint density at radius 3 is 3.06 bits per heavy atom. The van der Waals surface area contributed by atoms with Crippen molar-refractivity contribution >= 4 is 23.3 Å². The van der Waals surface area contributed by atoms with E-state index in [-0.39, 0.29) is 11.6 Å². The van der Waals surface area contributed by atoms with E-state index in [9.17, 15) is 9.90 Å². The normalized spacial score (nSPS) is 10.7. The average molecular weight is 251 g/mol. The number of pyridine rings is 1. The molecular formula is C10H13N5O3. The monoisotopic (exact) mass is 251 g/mol. The van der Waals surface area contributed by atoms with E-state index in [2.05, 4.69) is 15.4 Å². The van der Waals surface area contributed by atoms with Gasteiger partial charge in [-0.3, -0.25) is 0 Å². The minimum absolute atomic E-state index is 0.00666. The van der Waals surface area contributed by atoms with Crippen molar-refractivity contribution in [1.29, 1.82) is 0 Å². The number of anilines is 2. The summed E-state index contributed by atoms with van der Waals surface area (Å²) in [5, 5.41) is 16.0. The van der Waals surface area contributed by atoms with E-state index in [4.69, 9.17) is 10.5 Å². The summed E-state index contributed by atoms with van der Waals surface area (Å²) in [6.07, 6.45) is 0. The third-order valence-electron chi connectivity index (χ3n) is 2.34. The summed E-state index contributed by atoms with van der Waals surface area (Å²) in [6, 6.07) is 3.27. The Bertz CT molecular complexity index is 580. The number of carboxylic acid groups (broad SMARTS) is 1. The molecule has 2 rings (SSSR count). The molecule has 0 saturated heterocycles. The van der Waals surface area contributed by atoms with Gasteiger partial charge >= 0.3 is 5.97 Å². The van der Waals surface area contributed by atoms with Crippen molar-refractivity contribution in [1.82, 2.24) is 14.6 Å². The summed E-state index contributed by atoms with van der Waals surface area (Å²) in [6.45, 7) is 0.961. The Morgan fingerprint density at radius 2 is 2.39 bits per heavy atom. The van der Waals surface area contributed by atoms with Gasteiger partial charge in [-0.2, -0.15) is 4.98 Å². The van der Waals surface area contributed by atoms with Crippen LogP contribution >= 0.6 is 0 Å². The zero-order chi connectivity index (χ0) is 13.1. The molecule has 0 atom stereocenters. The minimum Gasteiger partial charge on any atom is -0.476 e. The highest BCUT2D eigenvalue weighted by molar-refractivity contribution is 5.93. The molecule has 0 saturated carbocycles. The SMILES string of the molecule is COCCNc1ccc2nc(N)nn2c1C(=O)O. The fraction of sp³-hybridized carbons (Fsp3) is 0.300. The van der Waals surface area contributed by atoms with Crippen molar-refractivity contribution in [3.8, 4) is 0 Å². The number of aromatic nitrogens is 3. The standard InChI is InChI=1S/C10H13N5O3/c1-18-5-4-12-6-2-3-7-13-10(11)14-15(7)8(6)9(16)17/h2-3,12H,4-5H2,1H3,(H2,11,14)(H,16,17). The van der Waals surface area contributed by atoms with Crippen molar-refractivity contribution in [2.45, 2.75) is 0 Å². The van der Waals surface area contributed by atoms with Crippen LogP contribution in [0.5, 0.6) is 0 Å². The highest BCUT2D eigenvalue weighted by atomic mass is 16.5. The molecule has 8 heteroatoms. The lowest BCUT2D eigenvalue weighted by atomic mass is 10.3. The van der Waals surface area contributed by atoms with E-state index in [1.54, 1.807) is 19.2 Å².